The van der Waals surface area contributed by atoms with E-state index in [0.29, 0.717) is 28.3 Å². The standard InChI is InChI=1S/C25H19N3O6/c1-15-3-4-18(28(31)32)11-22(15)27-24(30)14-33-23-6-5-20-21(17-7-9-26-10-8-17)12-19(13-29)34-25(20)16(23)2/h3-12H,14H2,1-2H3,(H,27,30). The molecule has 0 saturated heterocycles. The van der Waals surface area contributed by atoms with Crippen LogP contribution in [0.1, 0.15) is 22.3 Å². The maximum Gasteiger partial charge on any atom is 0.271 e. The number of fused-ring (bicyclic) bond motifs is 1. The molecule has 3 aromatic rings. The first-order valence-electron chi connectivity index (χ1n) is 10.2. The summed E-state index contributed by atoms with van der Waals surface area (Å²) in [6.45, 7) is 3.16. The number of nitrogens with one attached hydrogen (secondary N) is 1. The van der Waals surface area contributed by atoms with Crippen molar-refractivity contribution in [3.8, 4) is 11.5 Å². The van der Waals surface area contributed by atoms with Crippen LogP contribution in [-0.4, -0.2) is 28.4 Å². The molecule has 2 aromatic carbocycles. The first-order valence-corrected chi connectivity index (χ1v) is 10.2. The summed E-state index contributed by atoms with van der Waals surface area (Å²) in [6.07, 6.45) is 4.92. The van der Waals surface area contributed by atoms with Gasteiger partial charge in [0.1, 0.15) is 11.5 Å². The number of benzene rings is 2. The van der Waals surface area contributed by atoms with Crippen LogP contribution >= 0.6 is 0 Å². The van der Waals surface area contributed by atoms with E-state index < -0.39 is 10.8 Å². The molecule has 0 saturated carbocycles. The van der Waals surface area contributed by atoms with Crippen molar-refractivity contribution in [2.75, 3.05) is 11.9 Å². The third-order valence-electron chi connectivity index (χ3n) is 5.29. The second-order valence-corrected chi connectivity index (χ2v) is 7.52. The van der Waals surface area contributed by atoms with Crippen molar-refractivity contribution in [1.82, 2.24) is 4.98 Å². The van der Waals surface area contributed by atoms with Crippen molar-refractivity contribution in [2.45, 2.75) is 13.8 Å². The van der Waals surface area contributed by atoms with Crippen molar-refractivity contribution < 1.29 is 24.0 Å². The molecular weight excluding hydrogens is 438 g/mol. The number of nitro groups is 1. The number of amides is 1. The summed E-state index contributed by atoms with van der Waals surface area (Å²) >= 11 is 0. The molecule has 1 N–H and O–H groups in total. The Kier molecular flexibility index (Phi) is 6.20. The molecule has 0 fully saturated rings. The van der Waals surface area contributed by atoms with Gasteiger partial charge in [-0.05, 0) is 54.8 Å². The molecule has 0 unspecified atom stereocenters. The maximum atomic E-state index is 12.4. The van der Waals surface area contributed by atoms with Gasteiger partial charge in [-0.1, -0.05) is 6.07 Å². The molecule has 9 nitrogen and oxygen atoms in total. The molecule has 1 aliphatic heterocycles. The summed E-state index contributed by atoms with van der Waals surface area (Å²) in [5.74, 6) is 2.16. The van der Waals surface area contributed by atoms with Crippen LogP contribution in [0.4, 0.5) is 11.4 Å². The normalized spacial score (nSPS) is 12.1. The van der Waals surface area contributed by atoms with Crippen molar-refractivity contribution >= 4 is 28.8 Å². The Bertz CT molecular complexity index is 1370. The van der Waals surface area contributed by atoms with E-state index in [1.165, 1.54) is 12.1 Å². The Morgan fingerprint density at radius 3 is 2.65 bits per heavy atom. The van der Waals surface area contributed by atoms with Gasteiger partial charge >= 0.3 is 0 Å². The highest BCUT2D eigenvalue weighted by molar-refractivity contribution is 5.93. The van der Waals surface area contributed by atoms with E-state index in [1.54, 1.807) is 56.5 Å². The first-order chi connectivity index (χ1) is 16.4. The van der Waals surface area contributed by atoms with E-state index in [0.717, 1.165) is 16.7 Å². The Hall–Kier alpha value is -4.75. The van der Waals surface area contributed by atoms with E-state index in [2.05, 4.69) is 10.3 Å². The fourth-order valence-corrected chi connectivity index (χ4v) is 3.53. The lowest BCUT2D eigenvalue weighted by Gasteiger charge is -2.22. The van der Waals surface area contributed by atoms with Gasteiger partial charge in [0, 0.05) is 41.7 Å². The first kappa shape index (κ1) is 22.4. The van der Waals surface area contributed by atoms with Crippen LogP contribution in [0.3, 0.4) is 0 Å². The molecule has 1 aromatic heterocycles. The quantitative estimate of drug-likeness (QED) is 0.335. The van der Waals surface area contributed by atoms with Gasteiger partial charge < -0.3 is 14.8 Å². The van der Waals surface area contributed by atoms with E-state index >= 15 is 0 Å². The Balaban J connectivity index is 1.55. The maximum absolute atomic E-state index is 12.4. The predicted molar refractivity (Wildman–Crippen MR) is 124 cm³/mol. The van der Waals surface area contributed by atoms with Gasteiger partial charge in [0.2, 0.25) is 5.76 Å². The average molecular weight is 457 g/mol. The van der Waals surface area contributed by atoms with Gasteiger partial charge in [0.05, 0.1) is 10.6 Å². The van der Waals surface area contributed by atoms with Crippen molar-refractivity contribution in [2.24, 2.45) is 0 Å². The Morgan fingerprint density at radius 1 is 1.18 bits per heavy atom. The molecule has 34 heavy (non-hydrogen) atoms. The summed E-state index contributed by atoms with van der Waals surface area (Å²) in [6, 6.07) is 11.4. The fraction of sp³-hybridized carbons (Fsp3) is 0.120. The van der Waals surface area contributed by atoms with Gasteiger partial charge in [0.15, 0.2) is 12.5 Å². The predicted octanol–water partition coefficient (Wildman–Crippen LogP) is 4.16. The molecule has 2 heterocycles. The number of allylic oxidation sites excluding steroid dienone is 1. The lowest BCUT2D eigenvalue weighted by atomic mass is 9.93. The molecule has 0 bridgehead atoms. The second-order valence-electron chi connectivity index (χ2n) is 7.52. The summed E-state index contributed by atoms with van der Waals surface area (Å²) in [5.41, 5.74) is 3.88. The van der Waals surface area contributed by atoms with Gasteiger partial charge in [-0.2, -0.15) is 0 Å². The van der Waals surface area contributed by atoms with Gasteiger partial charge in [-0.25, -0.2) is 4.79 Å². The Morgan fingerprint density at radius 2 is 1.94 bits per heavy atom. The molecule has 0 aliphatic carbocycles. The number of nitro benzene ring substituents is 1. The minimum Gasteiger partial charge on any atom is -0.483 e. The monoisotopic (exact) mass is 457 g/mol. The third kappa shape index (κ3) is 4.55. The highest BCUT2D eigenvalue weighted by atomic mass is 16.6. The fourth-order valence-electron chi connectivity index (χ4n) is 3.53. The number of aromatic nitrogens is 1. The lowest BCUT2D eigenvalue weighted by molar-refractivity contribution is -0.384. The number of anilines is 1. The smallest absolute Gasteiger partial charge is 0.271 e. The molecule has 0 atom stereocenters. The van der Waals surface area contributed by atoms with E-state index in [-0.39, 0.29) is 18.1 Å². The highest BCUT2D eigenvalue weighted by Crippen LogP contribution is 2.42. The molecular formula is C25H19N3O6. The van der Waals surface area contributed by atoms with Crippen LogP contribution in [-0.2, 0) is 9.59 Å². The van der Waals surface area contributed by atoms with Crippen LogP contribution < -0.4 is 14.8 Å². The average Bonchev–Trinajstić information content (AvgIpc) is 2.85. The van der Waals surface area contributed by atoms with Gasteiger partial charge in [-0.15, -0.1) is 0 Å². The van der Waals surface area contributed by atoms with Crippen LogP contribution in [0.5, 0.6) is 11.5 Å². The molecule has 0 spiro atoms. The highest BCUT2D eigenvalue weighted by Gasteiger charge is 2.23. The van der Waals surface area contributed by atoms with E-state index in [4.69, 9.17) is 9.47 Å². The van der Waals surface area contributed by atoms with Gasteiger partial charge in [-0.3, -0.25) is 19.9 Å². The van der Waals surface area contributed by atoms with Crippen LogP contribution in [0.15, 0.2) is 66.7 Å². The zero-order valence-electron chi connectivity index (χ0n) is 18.3. The molecule has 170 valence electrons. The molecule has 0 radical (unpaired) electrons. The van der Waals surface area contributed by atoms with Crippen LogP contribution in [0.25, 0.3) is 5.57 Å². The molecule has 4 rings (SSSR count). The zero-order chi connectivity index (χ0) is 24.2. The van der Waals surface area contributed by atoms with Crippen LogP contribution in [0, 0.1) is 24.0 Å². The lowest BCUT2D eigenvalue weighted by Crippen LogP contribution is -2.21. The summed E-state index contributed by atoms with van der Waals surface area (Å²) in [4.78, 5) is 38.3. The van der Waals surface area contributed by atoms with Crippen molar-refractivity contribution in [3.63, 3.8) is 0 Å². The topological polar surface area (TPSA) is 121 Å². The molecule has 1 amide bonds. The largest absolute Gasteiger partial charge is 0.483 e. The van der Waals surface area contributed by atoms with Crippen molar-refractivity contribution in [3.05, 3.63) is 99.1 Å². The third-order valence-corrected chi connectivity index (χ3v) is 5.29. The van der Waals surface area contributed by atoms with Crippen LogP contribution in [0.2, 0.25) is 0 Å². The summed E-state index contributed by atoms with van der Waals surface area (Å²) < 4.78 is 11.4. The number of hydrogen-bond donors (Lipinski definition) is 1. The summed E-state index contributed by atoms with van der Waals surface area (Å²) in [5, 5.41) is 13.6. The number of hydrogen-bond acceptors (Lipinski definition) is 7. The zero-order valence-corrected chi connectivity index (χ0v) is 18.3. The number of carbonyl (C=O) groups is 1. The van der Waals surface area contributed by atoms with E-state index in [1.807, 2.05) is 12.1 Å². The summed E-state index contributed by atoms with van der Waals surface area (Å²) in [7, 11) is 0. The number of ether oxygens (including phenoxy) is 2. The number of carbonyl (C=O) groups excluding carboxylic acids is 2. The molecule has 1 aliphatic rings. The second kappa shape index (κ2) is 9.40. The SMILES string of the molecule is Cc1ccc([N+](=O)[O-])cc1NC(=O)COc1ccc2c(c1C)OC(=C=O)C=C2c1ccncc1. The number of pyridine rings is 1. The molecule has 9 heteroatoms. The van der Waals surface area contributed by atoms with E-state index in [9.17, 15) is 19.7 Å². The number of aryl methyl sites for hydroxylation is 1. The minimum atomic E-state index is -0.529. The number of rotatable bonds is 6. The number of non-ortho nitro benzene ring substituents is 1. The van der Waals surface area contributed by atoms with Gasteiger partial charge in [0.25, 0.3) is 11.6 Å². The number of nitrogens with zero attached hydrogens (tertiary/aromatic N) is 2. The minimum absolute atomic E-state index is 0.0263. The van der Waals surface area contributed by atoms with Crippen molar-refractivity contribution in [1.29, 1.82) is 0 Å². The Labute approximate surface area is 194 Å².